The number of ether oxygens (including phenoxy) is 2. The van der Waals surface area contributed by atoms with Gasteiger partial charge in [0, 0.05) is 29.3 Å². The number of aryl methyl sites for hydroxylation is 1. The van der Waals surface area contributed by atoms with Gasteiger partial charge >= 0.3 is 12.1 Å². The minimum atomic E-state index is -1.49. The Labute approximate surface area is 295 Å². The molecule has 268 valence electrons. The Morgan fingerprint density at radius 3 is 2.64 bits per heavy atom. The molecule has 1 aliphatic carbocycles. The lowest BCUT2D eigenvalue weighted by atomic mass is 10.0. The molecule has 3 N–H and O–H groups in total. The van der Waals surface area contributed by atoms with Crippen LogP contribution in [0.25, 0.3) is 20.7 Å². The average Bonchev–Trinajstić information content (AvgIpc) is 3.39. The molecule has 50 heavy (non-hydrogen) atoms. The first-order valence-electron chi connectivity index (χ1n) is 16.8. The van der Waals surface area contributed by atoms with E-state index in [1.54, 1.807) is 27.0 Å². The number of pyridine rings is 1. The zero-order valence-electron chi connectivity index (χ0n) is 28.9. The van der Waals surface area contributed by atoms with E-state index in [0.717, 1.165) is 34.2 Å². The fourth-order valence-electron chi connectivity index (χ4n) is 6.21. The van der Waals surface area contributed by atoms with Crippen molar-refractivity contribution in [3.05, 3.63) is 55.5 Å². The van der Waals surface area contributed by atoms with E-state index in [9.17, 15) is 24.3 Å². The predicted octanol–water partition coefficient (Wildman–Crippen LogP) is 5.78. The first kappa shape index (κ1) is 36.6. The highest BCUT2D eigenvalue weighted by molar-refractivity contribution is 7.22. The summed E-state index contributed by atoms with van der Waals surface area (Å²) in [7, 11) is 0. The molecule has 1 saturated heterocycles. The molecular weight excluding hydrogens is 662 g/mol. The molecule has 4 heterocycles. The molecule has 1 aliphatic heterocycles. The van der Waals surface area contributed by atoms with Crippen LogP contribution >= 0.6 is 11.3 Å². The Hall–Kier alpha value is -4.72. The Bertz CT molecular complexity index is 1760. The van der Waals surface area contributed by atoms with Gasteiger partial charge in [0.1, 0.15) is 40.8 Å². The molecule has 0 spiro atoms. The van der Waals surface area contributed by atoms with Gasteiger partial charge in [-0.25, -0.2) is 14.6 Å². The molecule has 3 amide bonds. The smallest absolute Gasteiger partial charge is 0.408 e. The summed E-state index contributed by atoms with van der Waals surface area (Å²) in [5.74, 6) is -1.72. The van der Waals surface area contributed by atoms with Gasteiger partial charge in [-0.3, -0.25) is 9.59 Å². The first-order chi connectivity index (χ1) is 23.7. The van der Waals surface area contributed by atoms with Crippen LogP contribution in [0.3, 0.4) is 0 Å². The number of nitrogens with one attached hydrogen (secondary N) is 2. The van der Waals surface area contributed by atoms with E-state index in [1.165, 1.54) is 22.3 Å². The topological polar surface area (TPSA) is 173 Å². The van der Waals surface area contributed by atoms with Crippen LogP contribution < -0.4 is 15.4 Å². The van der Waals surface area contributed by atoms with Crippen LogP contribution in [-0.4, -0.2) is 79.9 Å². The Morgan fingerprint density at radius 2 is 2.00 bits per heavy atom. The second kappa shape index (κ2) is 15.0. The number of hydrogen-bond acceptors (Lipinski definition) is 10. The summed E-state index contributed by atoms with van der Waals surface area (Å²) < 4.78 is 18.0. The second-order valence-corrected chi connectivity index (χ2v) is 15.0. The normalized spacial score (nSPS) is 22.1. The molecule has 3 aromatic rings. The minimum absolute atomic E-state index is 0.00236. The van der Waals surface area contributed by atoms with Gasteiger partial charge in [0.15, 0.2) is 0 Å². The van der Waals surface area contributed by atoms with E-state index in [-0.39, 0.29) is 19.4 Å². The van der Waals surface area contributed by atoms with E-state index < -0.39 is 59.1 Å². The Morgan fingerprint density at radius 1 is 1.22 bits per heavy atom. The van der Waals surface area contributed by atoms with Crippen LogP contribution in [0.2, 0.25) is 0 Å². The van der Waals surface area contributed by atoms with Crippen LogP contribution in [0, 0.1) is 12.8 Å². The summed E-state index contributed by atoms with van der Waals surface area (Å²) in [6, 6.07) is 3.54. The average molecular weight is 708 g/mol. The largest absolute Gasteiger partial charge is 0.479 e. The van der Waals surface area contributed by atoms with Gasteiger partial charge in [-0.05, 0) is 65.5 Å². The minimum Gasteiger partial charge on any atom is -0.479 e. The summed E-state index contributed by atoms with van der Waals surface area (Å²) in [5, 5.41) is 20.3. The zero-order chi connectivity index (χ0) is 36.2. The van der Waals surface area contributed by atoms with Crippen molar-refractivity contribution in [2.45, 2.75) is 102 Å². The predicted molar refractivity (Wildman–Crippen MR) is 188 cm³/mol. The molecule has 0 aromatic carbocycles. The highest BCUT2D eigenvalue weighted by Crippen LogP contribution is 2.45. The number of likely N-dealkylation sites (tertiary alicyclic amines) is 1. The van der Waals surface area contributed by atoms with Crippen molar-refractivity contribution in [3.8, 4) is 16.5 Å². The van der Waals surface area contributed by atoms with Gasteiger partial charge in [-0.15, -0.1) is 24.5 Å². The number of unbranched alkanes of at least 4 members (excludes halogenated alkanes) is 3. The molecule has 0 unspecified atom stereocenters. The second-order valence-electron chi connectivity index (χ2n) is 13.9. The number of aromatic nitrogens is 2. The SMILES string of the molecule is C=CCCCCC[C@H](NC(=O)OC(C)(C)C)C(=O)N1C[C@H](Oc2nccc3sc(-c4cc(C)on4)cc23)C[C@@H]1C(=O)N[C@]1(C(=O)O)C[C@H]1C=C. The third-order valence-electron chi connectivity index (χ3n) is 8.83. The van der Waals surface area contributed by atoms with Gasteiger partial charge in [-0.2, -0.15) is 0 Å². The maximum absolute atomic E-state index is 14.3. The van der Waals surface area contributed by atoms with Gasteiger partial charge in [0.25, 0.3) is 0 Å². The van der Waals surface area contributed by atoms with Gasteiger partial charge in [0.2, 0.25) is 17.7 Å². The fourth-order valence-corrected chi connectivity index (χ4v) is 7.21. The third kappa shape index (κ3) is 8.35. The summed E-state index contributed by atoms with van der Waals surface area (Å²) in [6.45, 7) is 14.5. The van der Waals surface area contributed by atoms with Crippen molar-refractivity contribution in [3.63, 3.8) is 0 Å². The maximum Gasteiger partial charge on any atom is 0.408 e. The quantitative estimate of drug-likeness (QED) is 0.130. The van der Waals surface area contributed by atoms with Crippen molar-refractivity contribution in [2.24, 2.45) is 5.92 Å². The highest BCUT2D eigenvalue weighted by Gasteiger charge is 2.61. The van der Waals surface area contributed by atoms with Crippen molar-refractivity contribution < 1.29 is 38.3 Å². The molecule has 2 aliphatic rings. The lowest BCUT2D eigenvalue weighted by molar-refractivity contribution is -0.145. The number of alkyl carbamates (subject to hydrolysis) is 1. The standard InChI is InChI=1S/C36H45N5O8S/c1-7-9-10-11-12-13-25(38-34(46)48-35(4,5)6)32(43)41-20-23(17-27(41)30(42)39-36(33(44)45)19-22(36)8-2)47-31-24-18-29(26-16-21(3)49-40-26)50-28(24)14-15-37-31/h7-8,14-16,18,22-23,25,27H,1-2,9-13,17,19-20H2,3-6H3,(H,38,46)(H,39,42)(H,44,45)/t22-,23-,25+,27-,36-/m1/s1. The molecule has 1 saturated carbocycles. The van der Waals surface area contributed by atoms with E-state index in [2.05, 4.69) is 33.9 Å². The Kier molecular flexibility index (Phi) is 11.0. The molecule has 2 fully saturated rings. The van der Waals surface area contributed by atoms with Gasteiger partial charge in [-0.1, -0.05) is 30.2 Å². The van der Waals surface area contributed by atoms with E-state index >= 15 is 0 Å². The van der Waals surface area contributed by atoms with Crippen LogP contribution in [0.15, 0.2) is 54.2 Å². The molecular formula is C36H45N5O8S. The molecule has 13 nitrogen and oxygen atoms in total. The van der Waals surface area contributed by atoms with Crippen molar-refractivity contribution >= 4 is 45.3 Å². The molecule has 5 atom stereocenters. The third-order valence-corrected chi connectivity index (χ3v) is 9.96. The summed E-state index contributed by atoms with van der Waals surface area (Å²) in [5.41, 5.74) is -1.61. The number of carboxylic acid groups (broad SMARTS) is 1. The molecule has 14 heteroatoms. The number of carbonyl (C=O) groups is 4. The van der Waals surface area contributed by atoms with Crippen LogP contribution in [0.4, 0.5) is 4.79 Å². The number of nitrogens with zero attached hydrogens (tertiary/aromatic N) is 3. The molecule has 0 radical (unpaired) electrons. The van der Waals surface area contributed by atoms with Gasteiger partial charge < -0.3 is 34.6 Å². The first-order valence-corrected chi connectivity index (χ1v) is 17.6. The summed E-state index contributed by atoms with van der Waals surface area (Å²) in [6.07, 6.45) is 7.26. The maximum atomic E-state index is 14.3. The zero-order valence-corrected chi connectivity index (χ0v) is 29.7. The fraction of sp³-hybridized carbons (Fsp3) is 0.500. The number of carbonyl (C=O) groups excluding carboxylic acids is 3. The summed E-state index contributed by atoms with van der Waals surface area (Å²) in [4.78, 5) is 60.1. The van der Waals surface area contributed by atoms with Gasteiger partial charge in [0.05, 0.1) is 16.8 Å². The van der Waals surface area contributed by atoms with E-state index in [0.29, 0.717) is 30.2 Å². The molecule has 0 bridgehead atoms. The monoisotopic (exact) mass is 707 g/mol. The van der Waals surface area contributed by atoms with Crippen molar-refractivity contribution in [1.29, 1.82) is 0 Å². The Balaban J connectivity index is 1.41. The van der Waals surface area contributed by atoms with E-state index in [1.807, 2.05) is 31.2 Å². The number of hydrogen-bond donors (Lipinski definition) is 3. The van der Waals surface area contributed by atoms with Crippen LogP contribution in [0.5, 0.6) is 5.88 Å². The number of rotatable bonds is 15. The lowest BCUT2D eigenvalue weighted by Crippen LogP contribution is -2.56. The summed E-state index contributed by atoms with van der Waals surface area (Å²) >= 11 is 1.50. The number of fused-ring (bicyclic) bond motifs is 1. The van der Waals surface area contributed by atoms with Crippen LogP contribution in [0.1, 0.15) is 71.5 Å². The number of amides is 3. The number of thiophene rings is 1. The van der Waals surface area contributed by atoms with Crippen molar-refractivity contribution in [2.75, 3.05) is 6.54 Å². The number of aliphatic carboxylic acids is 1. The lowest BCUT2D eigenvalue weighted by Gasteiger charge is -2.30. The molecule has 3 aromatic heterocycles. The highest BCUT2D eigenvalue weighted by atomic mass is 32.1. The van der Waals surface area contributed by atoms with E-state index in [4.69, 9.17) is 14.0 Å². The molecule has 5 rings (SSSR count). The number of carboxylic acids is 1. The van der Waals surface area contributed by atoms with Crippen LogP contribution in [-0.2, 0) is 19.1 Å². The van der Waals surface area contributed by atoms with Crippen molar-refractivity contribution in [1.82, 2.24) is 25.7 Å². The number of allylic oxidation sites excluding steroid dienone is 1.